The van der Waals surface area contributed by atoms with Crippen LogP contribution in [0.15, 0.2) is 43.5 Å². The van der Waals surface area contributed by atoms with Crippen LogP contribution >= 0.6 is 0 Å². The maximum absolute atomic E-state index is 4.19. The van der Waals surface area contributed by atoms with Gasteiger partial charge in [0.15, 0.2) is 5.82 Å². The zero-order valence-electron chi connectivity index (χ0n) is 10.4. The molecule has 2 aromatic heterocycles. The molecule has 0 radical (unpaired) electrons. The van der Waals surface area contributed by atoms with Crippen LogP contribution < -0.4 is 0 Å². The zero-order valence-corrected chi connectivity index (χ0v) is 10.4. The van der Waals surface area contributed by atoms with Crippen molar-refractivity contribution in [3.8, 4) is 0 Å². The molecule has 0 aromatic carbocycles. The molecule has 2 heterocycles. The van der Waals surface area contributed by atoms with E-state index < -0.39 is 0 Å². The third-order valence-electron chi connectivity index (χ3n) is 2.81. The molecule has 0 saturated carbocycles. The van der Waals surface area contributed by atoms with E-state index in [0.717, 1.165) is 25.7 Å². The molecule has 0 N–H and O–H groups in total. The van der Waals surface area contributed by atoms with Gasteiger partial charge in [-0.1, -0.05) is 12.6 Å². The maximum Gasteiger partial charge on any atom is 0.151 e. The second kappa shape index (κ2) is 6.64. The van der Waals surface area contributed by atoms with Crippen molar-refractivity contribution >= 4 is 6.08 Å². The van der Waals surface area contributed by atoms with Crippen molar-refractivity contribution in [1.29, 1.82) is 0 Å². The van der Waals surface area contributed by atoms with Gasteiger partial charge in [0.2, 0.25) is 0 Å². The average molecular weight is 239 g/mol. The summed E-state index contributed by atoms with van der Waals surface area (Å²) in [5.74, 6) is 0.689. The second-order valence-electron chi connectivity index (χ2n) is 4.22. The van der Waals surface area contributed by atoms with Crippen LogP contribution in [0.5, 0.6) is 0 Å². The number of nitrogens with zero attached hydrogens (tertiary/aromatic N) is 3. The molecule has 3 heteroatoms. The Balaban J connectivity index is 1.73. The van der Waals surface area contributed by atoms with E-state index in [-0.39, 0.29) is 0 Å². The first-order valence-electron chi connectivity index (χ1n) is 6.21. The summed E-state index contributed by atoms with van der Waals surface area (Å²) in [7, 11) is 0. The van der Waals surface area contributed by atoms with Crippen LogP contribution in [0.2, 0.25) is 0 Å². The van der Waals surface area contributed by atoms with Gasteiger partial charge in [0.1, 0.15) is 0 Å². The van der Waals surface area contributed by atoms with Crippen molar-refractivity contribution in [2.75, 3.05) is 0 Å². The van der Waals surface area contributed by atoms with Gasteiger partial charge >= 0.3 is 0 Å². The Kier molecular flexibility index (Phi) is 4.59. The molecule has 92 valence electrons. The predicted molar refractivity (Wildman–Crippen MR) is 73.0 cm³/mol. The van der Waals surface area contributed by atoms with Gasteiger partial charge in [-0.2, -0.15) is 0 Å². The van der Waals surface area contributed by atoms with E-state index in [4.69, 9.17) is 0 Å². The van der Waals surface area contributed by atoms with Crippen molar-refractivity contribution in [2.24, 2.45) is 0 Å². The van der Waals surface area contributed by atoms with Crippen molar-refractivity contribution in [2.45, 2.75) is 25.7 Å². The predicted octanol–water partition coefficient (Wildman–Crippen LogP) is 3.08. The van der Waals surface area contributed by atoms with Crippen LogP contribution in [0.3, 0.4) is 0 Å². The lowest BCUT2D eigenvalue weighted by molar-refractivity contribution is 0.728. The normalized spacial score (nSPS) is 10.2. The molecule has 3 nitrogen and oxygen atoms in total. The highest BCUT2D eigenvalue weighted by Crippen LogP contribution is 2.07. The van der Waals surface area contributed by atoms with Crippen molar-refractivity contribution in [1.82, 2.24) is 15.0 Å². The number of aryl methyl sites for hydroxylation is 2. The van der Waals surface area contributed by atoms with E-state index in [1.54, 1.807) is 6.08 Å². The van der Waals surface area contributed by atoms with Crippen LogP contribution in [0, 0.1) is 0 Å². The van der Waals surface area contributed by atoms with E-state index in [1.807, 2.05) is 30.9 Å². The quantitative estimate of drug-likeness (QED) is 0.727. The van der Waals surface area contributed by atoms with Gasteiger partial charge in [0.25, 0.3) is 0 Å². The van der Waals surface area contributed by atoms with Crippen molar-refractivity contribution in [3.63, 3.8) is 0 Å². The Hall–Kier alpha value is -2.03. The smallest absolute Gasteiger partial charge is 0.151 e. The largest absolute Gasteiger partial charge is 0.264 e. The molecule has 0 amide bonds. The van der Waals surface area contributed by atoms with E-state index in [0.29, 0.717) is 5.82 Å². The fraction of sp³-hybridized carbons (Fsp3) is 0.267. The summed E-state index contributed by atoms with van der Waals surface area (Å²) in [4.78, 5) is 12.5. The van der Waals surface area contributed by atoms with E-state index in [1.165, 1.54) is 11.1 Å². The second-order valence-corrected chi connectivity index (χ2v) is 4.22. The first-order valence-corrected chi connectivity index (χ1v) is 6.21. The van der Waals surface area contributed by atoms with Crippen molar-refractivity contribution in [3.05, 3.63) is 60.5 Å². The number of aromatic nitrogens is 3. The molecule has 0 aliphatic rings. The van der Waals surface area contributed by atoms with Gasteiger partial charge in [-0.05, 0) is 49.0 Å². The standard InChI is InChI=1S/C15H17N3/c1-2-15-17-11-14(12-18-15)7-4-3-6-13-8-5-9-16-10-13/h2,5,8-12H,1,3-4,6-7H2. The number of rotatable bonds is 6. The third-order valence-corrected chi connectivity index (χ3v) is 2.81. The average Bonchev–Trinajstić information content (AvgIpc) is 2.45. The summed E-state index contributed by atoms with van der Waals surface area (Å²) in [6, 6.07) is 4.10. The Labute approximate surface area is 108 Å². The van der Waals surface area contributed by atoms with Crippen LogP contribution in [-0.4, -0.2) is 15.0 Å². The van der Waals surface area contributed by atoms with Gasteiger partial charge in [-0.25, -0.2) is 9.97 Å². The number of hydrogen-bond acceptors (Lipinski definition) is 3. The summed E-state index contributed by atoms with van der Waals surface area (Å²) in [6.45, 7) is 3.64. The molecule has 0 atom stereocenters. The first-order chi connectivity index (χ1) is 8.88. The summed E-state index contributed by atoms with van der Waals surface area (Å²) < 4.78 is 0. The molecule has 0 fully saturated rings. The highest BCUT2D eigenvalue weighted by atomic mass is 14.8. The third kappa shape index (κ3) is 3.77. The minimum Gasteiger partial charge on any atom is -0.264 e. The monoisotopic (exact) mass is 239 g/mol. The van der Waals surface area contributed by atoms with Crippen LogP contribution in [-0.2, 0) is 12.8 Å². The van der Waals surface area contributed by atoms with Gasteiger partial charge in [0.05, 0.1) is 0 Å². The molecule has 18 heavy (non-hydrogen) atoms. The lowest BCUT2D eigenvalue weighted by Crippen LogP contribution is -1.93. The molecular weight excluding hydrogens is 222 g/mol. The lowest BCUT2D eigenvalue weighted by Gasteiger charge is -2.02. The number of unbranched alkanes of at least 4 members (excludes halogenated alkanes) is 1. The van der Waals surface area contributed by atoms with Crippen LogP contribution in [0.1, 0.15) is 29.8 Å². The highest BCUT2D eigenvalue weighted by molar-refractivity contribution is 5.35. The molecule has 2 aromatic rings. The highest BCUT2D eigenvalue weighted by Gasteiger charge is 1.97. The van der Waals surface area contributed by atoms with E-state index in [9.17, 15) is 0 Å². The lowest BCUT2D eigenvalue weighted by atomic mass is 10.1. The molecule has 0 aliphatic carbocycles. The Morgan fingerprint density at radius 1 is 1.00 bits per heavy atom. The molecule has 0 saturated heterocycles. The van der Waals surface area contributed by atoms with E-state index in [2.05, 4.69) is 27.6 Å². The molecule has 0 aliphatic heterocycles. The summed E-state index contributed by atoms with van der Waals surface area (Å²) in [5, 5.41) is 0. The Bertz CT molecular complexity index is 477. The summed E-state index contributed by atoms with van der Waals surface area (Å²) >= 11 is 0. The molecule has 0 bridgehead atoms. The SMILES string of the molecule is C=Cc1ncc(CCCCc2cccnc2)cn1. The molecule has 2 rings (SSSR count). The van der Waals surface area contributed by atoms with E-state index >= 15 is 0 Å². The molecule has 0 unspecified atom stereocenters. The van der Waals surface area contributed by atoms with Gasteiger partial charge in [-0.3, -0.25) is 4.98 Å². The van der Waals surface area contributed by atoms with Gasteiger partial charge in [0, 0.05) is 24.8 Å². The van der Waals surface area contributed by atoms with Crippen LogP contribution in [0.25, 0.3) is 6.08 Å². The van der Waals surface area contributed by atoms with Gasteiger partial charge in [-0.15, -0.1) is 0 Å². The van der Waals surface area contributed by atoms with Gasteiger partial charge < -0.3 is 0 Å². The minimum atomic E-state index is 0.689. The molecular formula is C15H17N3. The summed E-state index contributed by atoms with van der Waals surface area (Å²) in [6.07, 6.45) is 13.6. The minimum absolute atomic E-state index is 0.689. The Morgan fingerprint density at radius 3 is 2.33 bits per heavy atom. The molecule has 0 spiro atoms. The number of pyridine rings is 1. The number of hydrogen-bond donors (Lipinski definition) is 0. The first kappa shape index (κ1) is 12.4. The summed E-state index contributed by atoms with van der Waals surface area (Å²) in [5.41, 5.74) is 2.49. The topological polar surface area (TPSA) is 38.7 Å². The fourth-order valence-electron chi connectivity index (χ4n) is 1.80. The zero-order chi connectivity index (χ0) is 12.6. The van der Waals surface area contributed by atoms with Crippen molar-refractivity contribution < 1.29 is 0 Å². The maximum atomic E-state index is 4.19. The Morgan fingerprint density at radius 2 is 1.72 bits per heavy atom. The fourth-order valence-corrected chi connectivity index (χ4v) is 1.80. The van der Waals surface area contributed by atoms with Crippen LogP contribution in [0.4, 0.5) is 0 Å².